The summed E-state index contributed by atoms with van der Waals surface area (Å²) in [5.74, 6) is 0.465. The molecule has 1 fully saturated rings. The molecule has 0 radical (unpaired) electrons. The number of amides is 1. The molecule has 1 aliphatic rings. The quantitative estimate of drug-likeness (QED) is 0.726. The van der Waals surface area contributed by atoms with Crippen LogP contribution in [0, 0.1) is 5.92 Å². The van der Waals surface area contributed by atoms with E-state index in [1.165, 1.54) is 0 Å². The summed E-state index contributed by atoms with van der Waals surface area (Å²) < 4.78 is 0. The molecule has 0 aromatic rings. The van der Waals surface area contributed by atoms with Gasteiger partial charge in [0.1, 0.15) is 0 Å². The maximum Gasteiger partial charge on any atom is 0.223 e. The third kappa shape index (κ3) is 5.97. The number of rotatable bonds is 4. The molecule has 0 aromatic carbocycles. The van der Waals surface area contributed by atoms with Gasteiger partial charge >= 0.3 is 0 Å². The van der Waals surface area contributed by atoms with Crippen LogP contribution in [0.1, 0.15) is 12.8 Å². The van der Waals surface area contributed by atoms with Crippen molar-refractivity contribution >= 4 is 18.3 Å². The van der Waals surface area contributed by atoms with Crippen molar-refractivity contribution in [3.63, 3.8) is 0 Å². The Hall–Kier alpha value is -0.320. The van der Waals surface area contributed by atoms with Crippen molar-refractivity contribution < 1.29 is 4.79 Å². The Balaban J connectivity index is 0.00000196. The Bertz CT molecular complexity index is 182. The molecule has 0 aliphatic carbocycles. The lowest BCUT2D eigenvalue weighted by Crippen LogP contribution is -2.40. The molecule has 0 bridgehead atoms. The summed E-state index contributed by atoms with van der Waals surface area (Å²) in [5.41, 5.74) is 0. The lowest BCUT2D eigenvalue weighted by molar-refractivity contribution is -0.125. The lowest BCUT2D eigenvalue weighted by Gasteiger charge is -2.22. The van der Waals surface area contributed by atoms with Crippen molar-refractivity contribution in [3.05, 3.63) is 0 Å². The third-order valence-corrected chi connectivity index (χ3v) is 2.57. The highest BCUT2D eigenvalue weighted by atomic mass is 35.5. The molecule has 1 heterocycles. The first-order valence-corrected chi connectivity index (χ1v) is 5.33. The van der Waals surface area contributed by atoms with Crippen LogP contribution in [0.4, 0.5) is 0 Å². The summed E-state index contributed by atoms with van der Waals surface area (Å²) in [4.78, 5) is 13.7. The molecular weight excluding hydrogens is 214 g/mol. The average Bonchev–Trinajstić information content (AvgIpc) is 2.18. The molecule has 0 saturated carbocycles. The van der Waals surface area contributed by atoms with E-state index in [9.17, 15) is 4.79 Å². The molecule has 0 aromatic heterocycles. The number of nitrogens with zero attached hydrogens (tertiary/aromatic N) is 1. The van der Waals surface area contributed by atoms with Gasteiger partial charge in [-0.15, -0.1) is 12.4 Å². The molecule has 0 spiro atoms. The van der Waals surface area contributed by atoms with Crippen LogP contribution < -0.4 is 10.6 Å². The second-order valence-electron chi connectivity index (χ2n) is 4.12. The van der Waals surface area contributed by atoms with Gasteiger partial charge in [-0.1, -0.05) is 0 Å². The topological polar surface area (TPSA) is 44.4 Å². The molecule has 5 heteroatoms. The standard InChI is InChI=1S/C10H21N3O.ClH/c1-13(2)8-7-12-10(14)9-3-5-11-6-4-9;/h9,11H,3-8H2,1-2H3,(H,12,14);1H. The SMILES string of the molecule is CN(C)CCNC(=O)C1CCNCC1.Cl. The van der Waals surface area contributed by atoms with Crippen molar-refractivity contribution in [2.75, 3.05) is 40.3 Å². The normalized spacial score (nSPS) is 17.3. The van der Waals surface area contributed by atoms with Gasteiger partial charge in [0, 0.05) is 19.0 Å². The molecule has 2 N–H and O–H groups in total. The van der Waals surface area contributed by atoms with E-state index in [0.717, 1.165) is 39.0 Å². The minimum atomic E-state index is 0. The minimum absolute atomic E-state index is 0. The minimum Gasteiger partial charge on any atom is -0.355 e. The van der Waals surface area contributed by atoms with Gasteiger partial charge in [-0.05, 0) is 40.0 Å². The molecule has 1 aliphatic heterocycles. The monoisotopic (exact) mass is 235 g/mol. The Kier molecular flexibility index (Phi) is 7.74. The predicted octanol–water partition coefficient (Wildman–Crippen LogP) is 0.0856. The fourth-order valence-corrected chi connectivity index (χ4v) is 1.63. The van der Waals surface area contributed by atoms with E-state index in [1.54, 1.807) is 0 Å². The van der Waals surface area contributed by atoms with Gasteiger partial charge in [-0.3, -0.25) is 4.79 Å². The van der Waals surface area contributed by atoms with Gasteiger partial charge in [0.05, 0.1) is 0 Å². The smallest absolute Gasteiger partial charge is 0.223 e. The average molecular weight is 236 g/mol. The number of halogens is 1. The molecule has 1 amide bonds. The largest absolute Gasteiger partial charge is 0.355 e. The first kappa shape index (κ1) is 14.7. The number of likely N-dealkylation sites (N-methyl/N-ethyl adjacent to an activating group) is 1. The van der Waals surface area contributed by atoms with Gasteiger partial charge in [-0.25, -0.2) is 0 Å². The third-order valence-electron chi connectivity index (χ3n) is 2.57. The summed E-state index contributed by atoms with van der Waals surface area (Å²) >= 11 is 0. The first-order valence-electron chi connectivity index (χ1n) is 5.33. The van der Waals surface area contributed by atoms with Crippen LogP contribution in [-0.2, 0) is 4.79 Å². The van der Waals surface area contributed by atoms with Crippen molar-refractivity contribution in [2.45, 2.75) is 12.8 Å². The summed E-state index contributed by atoms with van der Waals surface area (Å²) in [5, 5.41) is 6.23. The molecule has 90 valence electrons. The Morgan fingerprint density at radius 2 is 2.00 bits per heavy atom. The number of hydrogen-bond acceptors (Lipinski definition) is 3. The van der Waals surface area contributed by atoms with Gasteiger partial charge < -0.3 is 15.5 Å². The van der Waals surface area contributed by atoms with Gasteiger partial charge in [0.25, 0.3) is 0 Å². The van der Waals surface area contributed by atoms with Crippen LogP contribution >= 0.6 is 12.4 Å². The van der Waals surface area contributed by atoms with Crippen LogP contribution in [0.3, 0.4) is 0 Å². The summed E-state index contributed by atoms with van der Waals surface area (Å²) in [6.45, 7) is 3.63. The van der Waals surface area contributed by atoms with Crippen LogP contribution in [0.25, 0.3) is 0 Å². The fourth-order valence-electron chi connectivity index (χ4n) is 1.63. The number of carbonyl (C=O) groups excluding carboxylic acids is 1. The van der Waals surface area contributed by atoms with E-state index in [2.05, 4.69) is 15.5 Å². The zero-order valence-corrected chi connectivity index (χ0v) is 10.4. The van der Waals surface area contributed by atoms with Gasteiger partial charge in [0.15, 0.2) is 0 Å². The predicted molar refractivity (Wildman–Crippen MR) is 64.4 cm³/mol. The maximum atomic E-state index is 11.6. The Morgan fingerprint density at radius 3 is 2.53 bits per heavy atom. The zero-order chi connectivity index (χ0) is 10.4. The zero-order valence-electron chi connectivity index (χ0n) is 9.58. The highest BCUT2D eigenvalue weighted by Crippen LogP contribution is 2.10. The summed E-state index contributed by atoms with van der Waals surface area (Å²) in [6, 6.07) is 0. The highest BCUT2D eigenvalue weighted by Gasteiger charge is 2.19. The second kappa shape index (κ2) is 7.91. The molecule has 4 nitrogen and oxygen atoms in total. The number of hydrogen-bond donors (Lipinski definition) is 2. The van der Waals surface area contributed by atoms with Crippen molar-refractivity contribution in [3.8, 4) is 0 Å². The summed E-state index contributed by atoms with van der Waals surface area (Å²) in [7, 11) is 4.02. The number of piperidine rings is 1. The number of nitrogens with one attached hydrogen (secondary N) is 2. The highest BCUT2D eigenvalue weighted by molar-refractivity contribution is 5.85. The first-order chi connectivity index (χ1) is 6.70. The molecule has 0 unspecified atom stereocenters. The van der Waals surface area contributed by atoms with Crippen LogP contribution in [-0.4, -0.2) is 51.1 Å². The second-order valence-corrected chi connectivity index (χ2v) is 4.12. The molecular formula is C10H22ClN3O. The molecule has 15 heavy (non-hydrogen) atoms. The van der Waals surface area contributed by atoms with Crippen molar-refractivity contribution in [1.29, 1.82) is 0 Å². The van der Waals surface area contributed by atoms with E-state index in [0.29, 0.717) is 0 Å². The van der Waals surface area contributed by atoms with Crippen molar-refractivity contribution in [1.82, 2.24) is 15.5 Å². The van der Waals surface area contributed by atoms with Gasteiger partial charge in [-0.2, -0.15) is 0 Å². The van der Waals surface area contributed by atoms with Crippen LogP contribution in [0.15, 0.2) is 0 Å². The van der Waals surface area contributed by atoms with Crippen molar-refractivity contribution in [2.24, 2.45) is 5.92 Å². The lowest BCUT2D eigenvalue weighted by atomic mass is 9.97. The maximum absolute atomic E-state index is 11.6. The molecule has 0 atom stereocenters. The fraction of sp³-hybridized carbons (Fsp3) is 0.900. The van der Waals surface area contributed by atoms with Crippen LogP contribution in [0.2, 0.25) is 0 Å². The number of carbonyl (C=O) groups is 1. The van der Waals surface area contributed by atoms with E-state index in [-0.39, 0.29) is 24.2 Å². The van der Waals surface area contributed by atoms with Gasteiger partial charge in [0.2, 0.25) is 5.91 Å². The van der Waals surface area contributed by atoms with E-state index < -0.39 is 0 Å². The van der Waals surface area contributed by atoms with E-state index in [1.807, 2.05) is 14.1 Å². The van der Waals surface area contributed by atoms with E-state index >= 15 is 0 Å². The Labute approximate surface area is 98.2 Å². The van der Waals surface area contributed by atoms with E-state index in [4.69, 9.17) is 0 Å². The molecule has 1 saturated heterocycles. The summed E-state index contributed by atoms with van der Waals surface area (Å²) in [6.07, 6.45) is 1.96. The Morgan fingerprint density at radius 1 is 1.40 bits per heavy atom. The van der Waals surface area contributed by atoms with Crippen LogP contribution in [0.5, 0.6) is 0 Å². The molecule has 1 rings (SSSR count).